The number of ether oxygens (including phenoxy) is 1. The minimum absolute atomic E-state index is 0.123. The molecule has 0 radical (unpaired) electrons. The van der Waals surface area contributed by atoms with Gasteiger partial charge in [-0.2, -0.15) is 0 Å². The van der Waals surface area contributed by atoms with Crippen LogP contribution in [0.25, 0.3) is 0 Å². The Morgan fingerprint density at radius 1 is 1.14 bits per heavy atom. The zero-order chi connectivity index (χ0) is 19.8. The van der Waals surface area contributed by atoms with Gasteiger partial charge in [-0.1, -0.05) is 47.6 Å². The van der Waals surface area contributed by atoms with Gasteiger partial charge >= 0.3 is 0 Å². The van der Waals surface area contributed by atoms with E-state index in [1.807, 2.05) is 42.5 Å². The van der Waals surface area contributed by atoms with Crippen LogP contribution in [0.2, 0.25) is 5.02 Å². The van der Waals surface area contributed by atoms with E-state index in [1.54, 1.807) is 19.2 Å². The zero-order valence-electron chi connectivity index (χ0n) is 15.2. The second kappa shape index (κ2) is 9.96. The highest BCUT2D eigenvalue weighted by atomic mass is 35.5. The van der Waals surface area contributed by atoms with Gasteiger partial charge in [0, 0.05) is 29.4 Å². The molecule has 0 fully saturated rings. The number of nitrogens with one attached hydrogen (secondary N) is 2. The number of nitrogens with zero attached hydrogens (tertiary/aromatic N) is 2. The number of carbonyl (C=O) groups excluding carboxylic acids is 1. The molecule has 0 spiro atoms. The lowest BCUT2D eigenvalue weighted by atomic mass is 10.2. The lowest BCUT2D eigenvalue weighted by Gasteiger charge is -2.09. The number of hydrogen-bond acceptors (Lipinski definition) is 6. The average Bonchev–Trinajstić information content (AvgIpc) is 2.72. The van der Waals surface area contributed by atoms with Crippen molar-refractivity contribution < 1.29 is 9.53 Å². The van der Waals surface area contributed by atoms with Gasteiger partial charge in [0.25, 0.3) is 0 Å². The van der Waals surface area contributed by atoms with E-state index in [9.17, 15) is 4.79 Å². The van der Waals surface area contributed by atoms with Crippen molar-refractivity contribution in [2.24, 2.45) is 0 Å². The van der Waals surface area contributed by atoms with Crippen LogP contribution in [0.15, 0.2) is 66.0 Å². The quantitative estimate of drug-likeness (QED) is 0.418. The fourth-order valence-corrected chi connectivity index (χ4v) is 3.25. The average molecular weight is 415 g/mol. The van der Waals surface area contributed by atoms with Gasteiger partial charge in [0.2, 0.25) is 5.91 Å². The standard InChI is InChI=1S/C20H19ClN4O2S/c1-27-16-7-4-6-15(9-16)25-19(26)12-28-20-10-18(23-13-24-20)22-11-14-5-2-3-8-17(14)21/h2-10,13H,11-12H2,1H3,(H,25,26)(H,22,23,24). The summed E-state index contributed by atoms with van der Waals surface area (Å²) in [6, 6.07) is 16.7. The summed E-state index contributed by atoms with van der Waals surface area (Å²) >= 11 is 7.50. The first kappa shape index (κ1) is 20.0. The second-order valence-corrected chi connectivity index (χ2v) is 7.16. The summed E-state index contributed by atoms with van der Waals surface area (Å²) in [5.41, 5.74) is 1.67. The number of benzene rings is 2. The molecule has 144 valence electrons. The lowest BCUT2D eigenvalue weighted by molar-refractivity contribution is -0.113. The molecule has 8 heteroatoms. The number of thioether (sulfide) groups is 1. The van der Waals surface area contributed by atoms with Crippen molar-refractivity contribution in [1.82, 2.24) is 9.97 Å². The molecule has 0 aliphatic heterocycles. The molecule has 0 aliphatic carbocycles. The van der Waals surface area contributed by atoms with Gasteiger partial charge in [-0.05, 0) is 23.8 Å². The zero-order valence-corrected chi connectivity index (χ0v) is 16.8. The molecule has 1 amide bonds. The Labute approximate surface area is 172 Å². The van der Waals surface area contributed by atoms with Gasteiger partial charge in [-0.15, -0.1) is 0 Å². The second-order valence-electron chi connectivity index (χ2n) is 5.76. The Balaban J connectivity index is 1.52. The summed E-state index contributed by atoms with van der Waals surface area (Å²) in [4.78, 5) is 20.6. The van der Waals surface area contributed by atoms with Crippen LogP contribution in [0.1, 0.15) is 5.56 Å². The van der Waals surface area contributed by atoms with Gasteiger partial charge in [-0.3, -0.25) is 4.79 Å². The van der Waals surface area contributed by atoms with E-state index in [-0.39, 0.29) is 11.7 Å². The van der Waals surface area contributed by atoms with Gasteiger partial charge < -0.3 is 15.4 Å². The topological polar surface area (TPSA) is 76.1 Å². The molecule has 3 rings (SSSR count). The molecule has 28 heavy (non-hydrogen) atoms. The van der Waals surface area contributed by atoms with Crippen molar-refractivity contribution in [2.75, 3.05) is 23.5 Å². The normalized spacial score (nSPS) is 10.4. The highest BCUT2D eigenvalue weighted by molar-refractivity contribution is 7.99. The summed E-state index contributed by atoms with van der Waals surface area (Å²) in [6.07, 6.45) is 1.47. The number of halogens is 1. The predicted octanol–water partition coefficient (Wildman–Crippen LogP) is 4.48. The maximum atomic E-state index is 12.2. The van der Waals surface area contributed by atoms with Gasteiger partial charge in [-0.25, -0.2) is 9.97 Å². The molecule has 1 heterocycles. The number of carbonyl (C=O) groups is 1. The van der Waals surface area contributed by atoms with Crippen LogP contribution in [-0.4, -0.2) is 28.7 Å². The number of rotatable bonds is 8. The van der Waals surface area contributed by atoms with E-state index in [2.05, 4.69) is 20.6 Å². The Hall–Kier alpha value is -2.77. The lowest BCUT2D eigenvalue weighted by Crippen LogP contribution is -2.14. The van der Waals surface area contributed by atoms with E-state index >= 15 is 0 Å². The van der Waals surface area contributed by atoms with E-state index < -0.39 is 0 Å². The van der Waals surface area contributed by atoms with Crippen molar-refractivity contribution in [3.8, 4) is 5.75 Å². The maximum absolute atomic E-state index is 12.2. The minimum atomic E-state index is -0.123. The molecule has 0 bridgehead atoms. The van der Waals surface area contributed by atoms with Crippen molar-refractivity contribution in [2.45, 2.75) is 11.6 Å². The molecule has 1 aromatic heterocycles. The molecular weight excluding hydrogens is 396 g/mol. The Morgan fingerprint density at radius 2 is 2.00 bits per heavy atom. The molecule has 0 atom stereocenters. The third kappa shape index (κ3) is 5.87. The molecule has 0 unspecified atom stereocenters. The van der Waals surface area contributed by atoms with Crippen LogP contribution in [0.4, 0.5) is 11.5 Å². The van der Waals surface area contributed by atoms with Crippen LogP contribution in [0.3, 0.4) is 0 Å². The van der Waals surface area contributed by atoms with Gasteiger partial charge in [0.1, 0.15) is 22.9 Å². The first-order valence-corrected chi connectivity index (χ1v) is 9.86. The van der Waals surface area contributed by atoms with Crippen molar-refractivity contribution in [1.29, 1.82) is 0 Å². The largest absolute Gasteiger partial charge is 0.497 e. The number of aromatic nitrogens is 2. The Morgan fingerprint density at radius 3 is 2.82 bits per heavy atom. The van der Waals surface area contributed by atoms with Crippen molar-refractivity contribution in [3.05, 3.63) is 71.5 Å². The van der Waals surface area contributed by atoms with Crippen LogP contribution < -0.4 is 15.4 Å². The van der Waals surface area contributed by atoms with E-state index in [0.29, 0.717) is 33.8 Å². The fourth-order valence-electron chi connectivity index (χ4n) is 2.38. The SMILES string of the molecule is COc1cccc(NC(=O)CSc2cc(NCc3ccccc3Cl)ncn2)c1. The Kier molecular flexibility index (Phi) is 7.11. The van der Waals surface area contributed by atoms with Gasteiger partial charge in [0.05, 0.1) is 12.9 Å². The summed E-state index contributed by atoms with van der Waals surface area (Å²) in [7, 11) is 1.59. The predicted molar refractivity (Wildman–Crippen MR) is 113 cm³/mol. The minimum Gasteiger partial charge on any atom is -0.497 e. The van der Waals surface area contributed by atoms with E-state index in [4.69, 9.17) is 16.3 Å². The molecule has 2 N–H and O–H groups in total. The highest BCUT2D eigenvalue weighted by Gasteiger charge is 2.07. The molecule has 6 nitrogen and oxygen atoms in total. The molecule has 0 saturated carbocycles. The third-order valence-electron chi connectivity index (χ3n) is 3.76. The summed E-state index contributed by atoms with van der Waals surface area (Å²) in [6.45, 7) is 0.553. The highest BCUT2D eigenvalue weighted by Crippen LogP contribution is 2.21. The summed E-state index contributed by atoms with van der Waals surface area (Å²) in [5.74, 6) is 1.47. The molecule has 3 aromatic rings. The maximum Gasteiger partial charge on any atom is 0.234 e. The number of hydrogen-bond donors (Lipinski definition) is 2. The molecule has 0 saturated heterocycles. The van der Waals surface area contributed by atoms with E-state index in [0.717, 1.165) is 5.56 Å². The first-order valence-electron chi connectivity index (χ1n) is 8.50. The van der Waals surface area contributed by atoms with Crippen LogP contribution >= 0.6 is 23.4 Å². The van der Waals surface area contributed by atoms with Crippen LogP contribution in [0, 0.1) is 0 Å². The monoisotopic (exact) mass is 414 g/mol. The number of anilines is 2. The summed E-state index contributed by atoms with van der Waals surface area (Å²) < 4.78 is 5.15. The van der Waals surface area contributed by atoms with Crippen molar-refractivity contribution in [3.63, 3.8) is 0 Å². The third-order valence-corrected chi connectivity index (χ3v) is 5.06. The fraction of sp³-hybridized carbons (Fsp3) is 0.150. The smallest absolute Gasteiger partial charge is 0.234 e. The molecule has 0 aliphatic rings. The van der Waals surface area contributed by atoms with Crippen LogP contribution in [0.5, 0.6) is 5.75 Å². The first-order chi connectivity index (χ1) is 13.6. The van der Waals surface area contributed by atoms with Crippen molar-refractivity contribution >= 4 is 40.8 Å². The Bertz CT molecular complexity index is 955. The van der Waals surface area contributed by atoms with Gasteiger partial charge in [0.15, 0.2) is 0 Å². The van der Waals surface area contributed by atoms with Crippen LogP contribution in [-0.2, 0) is 11.3 Å². The van der Waals surface area contributed by atoms with E-state index in [1.165, 1.54) is 18.1 Å². The molecular formula is C20H19ClN4O2S. The number of methoxy groups -OCH3 is 1. The number of amides is 1. The molecule has 2 aromatic carbocycles. The summed E-state index contributed by atoms with van der Waals surface area (Å²) in [5, 5.41) is 7.47.